The van der Waals surface area contributed by atoms with Crippen molar-refractivity contribution in [1.29, 1.82) is 5.26 Å². The van der Waals surface area contributed by atoms with Gasteiger partial charge in [-0.1, -0.05) is 43.3 Å². The number of hydrogen-bond donors (Lipinski definition) is 1. The van der Waals surface area contributed by atoms with Gasteiger partial charge in [-0.25, -0.2) is 9.37 Å². The smallest absolute Gasteiger partial charge is 0.186 e. The van der Waals surface area contributed by atoms with Gasteiger partial charge < -0.3 is 10.0 Å². The zero-order valence-electron chi connectivity index (χ0n) is 15.4. The molecular weight excluding hydrogens is 373 g/mol. The molecule has 0 amide bonds. The fourth-order valence-electron chi connectivity index (χ4n) is 3.81. The number of halogens is 1. The second-order valence-electron chi connectivity index (χ2n) is 6.86. The Hall–Kier alpha value is -2.75. The molecule has 1 fully saturated rings. The first-order valence-electron chi connectivity index (χ1n) is 9.25. The van der Waals surface area contributed by atoms with Gasteiger partial charge in [0.1, 0.15) is 11.9 Å². The third-order valence-corrected chi connectivity index (χ3v) is 6.21. The van der Waals surface area contributed by atoms with Crippen molar-refractivity contribution in [2.24, 2.45) is 0 Å². The average Bonchev–Trinajstić information content (AvgIpc) is 3.17. The second-order valence-corrected chi connectivity index (χ2v) is 7.70. The quantitative estimate of drug-likeness (QED) is 0.699. The lowest BCUT2D eigenvalue weighted by Crippen LogP contribution is -2.63. The summed E-state index contributed by atoms with van der Waals surface area (Å²) >= 11 is 1.51. The molecule has 6 heteroatoms. The van der Waals surface area contributed by atoms with E-state index in [1.165, 1.54) is 23.5 Å². The van der Waals surface area contributed by atoms with E-state index < -0.39 is 0 Å². The molecule has 0 radical (unpaired) electrons. The van der Waals surface area contributed by atoms with Crippen LogP contribution in [0.1, 0.15) is 24.1 Å². The van der Waals surface area contributed by atoms with E-state index in [2.05, 4.69) is 11.1 Å². The van der Waals surface area contributed by atoms with E-state index >= 15 is 0 Å². The number of nitriles is 1. The van der Waals surface area contributed by atoms with Crippen LogP contribution in [0.25, 0.3) is 11.1 Å². The number of aromatic nitrogens is 1. The third kappa shape index (κ3) is 3.17. The minimum Gasteiger partial charge on any atom is -0.394 e. The van der Waals surface area contributed by atoms with Crippen molar-refractivity contribution < 1.29 is 9.50 Å². The normalized spacial score (nSPS) is 21.2. The Bertz CT molecular complexity index is 1010. The lowest BCUT2D eigenvalue weighted by molar-refractivity contribution is 0.187. The van der Waals surface area contributed by atoms with Gasteiger partial charge in [-0.15, -0.1) is 11.3 Å². The lowest BCUT2D eigenvalue weighted by Gasteiger charge is -2.51. The molecule has 0 spiro atoms. The first-order chi connectivity index (χ1) is 13.7. The molecule has 1 aliphatic heterocycles. The molecule has 0 bridgehead atoms. The molecule has 0 aliphatic carbocycles. The largest absolute Gasteiger partial charge is 0.394 e. The molecule has 2 heterocycles. The van der Waals surface area contributed by atoms with Gasteiger partial charge >= 0.3 is 0 Å². The van der Waals surface area contributed by atoms with Crippen LogP contribution < -0.4 is 4.90 Å². The molecule has 0 unspecified atom stereocenters. The summed E-state index contributed by atoms with van der Waals surface area (Å²) in [5, 5.41) is 22.5. The molecule has 1 N–H and O–H groups in total. The number of nitrogens with zero attached hydrogens (tertiary/aromatic N) is 3. The summed E-state index contributed by atoms with van der Waals surface area (Å²) in [7, 11) is 0. The monoisotopic (exact) mass is 393 g/mol. The van der Waals surface area contributed by atoms with Crippen LogP contribution in [0, 0.1) is 17.1 Å². The number of thiazole rings is 1. The molecule has 4 nitrogen and oxygen atoms in total. The van der Waals surface area contributed by atoms with Crippen LogP contribution in [0.2, 0.25) is 0 Å². The van der Waals surface area contributed by atoms with Gasteiger partial charge in [0.2, 0.25) is 0 Å². The van der Waals surface area contributed by atoms with Crippen LogP contribution in [0.5, 0.6) is 0 Å². The highest BCUT2D eigenvalue weighted by atomic mass is 32.1. The van der Waals surface area contributed by atoms with Gasteiger partial charge in [0.25, 0.3) is 0 Å². The number of rotatable bonds is 5. The van der Waals surface area contributed by atoms with Crippen molar-refractivity contribution in [1.82, 2.24) is 4.98 Å². The second kappa shape index (κ2) is 7.70. The van der Waals surface area contributed by atoms with Crippen LogP contribution in [0.4, 0.5) is 9.52 Å². The SMILES string of the molecule is CCc1csc(N2[C@H](C#N)[C@@H](c3ccc(-c4cccc(F)c4)cc3)[C@@H]2CO)n1. The van der Waals surface area contributed by atoms with Gasteiger partial charge in [-0.2, -0.15) is 5.26 Å². The highest BCUT2D eigenvalue weighted by Crippen LogP contribution is 2.44. The fourth-order valence-corrected chi connectivity index (χ4v) is 4.82. The summed E-state index contributed by atoms with van der Waals surface area (Å²) in [6.45, 7) is 2.00. The minimum absolute atomic E-state index is 0.0461. The summed E-state index contributed by atoms with van der Waals surface area (Å²) in [4.78, 5) is 6.51. The van der Waals surface area contributed by atoms with Gasteiger partial charge in [0, 0.05) is 11.3 Å². The summed E-state index contributed by atoms with van der Waals surface area (Å²) in [5.74, 6) is -0.360. The Labute approximate surface area is 167 Å². The van der Waals surface area contributed by atoms with Crippen molar-refractivity contribution >= 4 is 16.5 Å². The zero-order chi connectivity index (χ0) is 19.7. The molecule has 1 saturated heterocycles. The number of hydrogen-bond acceptors (Lipinski definition) is 5. The van der Waals surface area contributed by atoms with E-state index in [9.17, 15) is 14.8 Å². The molecule has 28 heavy (non-hydrogen) atoms. The highest BCUT2D eigenvalue weighted by Gasteiger charge is 2.50. The maximum atomic E-state index is 13.5. The van der Waals surface area contributed by atoms with Gasteiger partial charge in [-0.3, -0.25) is 0 Å². The fraction of sp³-hybridized carbons (Fsp3) is 0.273. The summed E-state index contributed by atoms with van der Waals surface area (Å²) in [5.41, 5.74) is 3.72. The molecule has 142 valence electrons. The van der Waals surface area contributed by atoms with Crippen LogP contribution in [-0.2, 0) is 6.42 Å². The minimum atomic E-state index is -0.368. The topological polar surface area (TPSA) is 60.2 Å². The van der Waals surface area contributed by atoms with E-state index in [0.717, 1.165) is 33.9 Å². The average molecular weight is 393 g/mol. The predicted octanol–water partition coefficient (Wildman–Crippen LogP) is 4.37. The number of aliphatic hydroxyl groups is 1. The molecule has 1 aromatic heterocycles. The first-order valence-corrected chi connectivity index (χ1v) is 10.1. The van der Waals surface area contributed by atoms with Crippen molar-refractivity contribution in [3.63, 3.8) is 0 Å². The maximum Gasteiger partial charge on any atom is 0.186 e. The molecule has 3 atom stereocenters. The number of benzene rings is 2. The number of anilines is 1. The molecule has 3 aromatic rings. The van der Waals surface area contributed by atoms with Crippen LogP contribution in [-0.4, -0.2) is 28.8 Å². The number of aliphatic hydroxyl groups excluding tert-OH is 1. The van der Waals surface area contributed by atoms with Gasteiger partial charge in [0.05, 0.1) is 24.4 Å². The summed E-state index contributed by atoms with van der Waals surface area (Å²) in [6.07, 6.45) is 0.844. The van der Waals surface area contributed by atoms with Crippen molar-refractivity contribution in [3.05, 3.63) is 71.0 Å². The predicted molar refractivity (Wildman–Crippen MR) is 109 cm³/mol. The van der Waals surface area contributed by atoms with E-state index in [0.29, 0.717) is 0 Å². The van der Waals surface area contributed by atoms with Crippen molar-refractivity contribution in [2.45, 2.75) is 31.3 Å². The standard InChI is InChI=1S/C22H20FN3OS/c1-2-18-13-28-22(25-18)26-19(11-24)21(20(26)12-27)15-8-6-14(7-9-15)16-4-3-5-17(23)10-16/h3-10,13,19-21,27H,2,12H2,1H3/t19-,20+,21-/m1/s1. The Morgan fingerprint density at radius 3 is 2.61 bits per heavy atom. The molecule has 1 aliphatic rings. The summed E-state index contributed by atoms with van der Waals surface area (Å²) < 4.78 is 13.5. The number of aryl methyl sites for hydroxylation is 1. The van der Waals surface area contributed by atoms with Gasteiger partial charge in [-0.05, 0) is 35.2 Å². The van der Waals surface area contributed by atoms with Gasteiger partial charge in [0.15, 0.2) is 5.13 Å². The Morgan fingerprint density at radius 2 is 2.00 bits per heavy atom. The van der Waals surface area contributed by atoms with Crippen molar-refractivity contribution in [3.8, 4) is 17.2 Å². The molecule has 2 aromatic carbocycles. The Balaban J connectivity index is 1.60. The van der Waals surface area contributed by atoms with E-state index in [1.807, 2.05) is 47.5 Å². The van der Waals surface area contributed by atoms with Crippen molar-refractivity contribution in [2.75, 3.05) is 11.5 Å². The Kier molecular flexibility index (Phi) is 5.12. The third-order valence-electron chi connectivity index (χ3n) is 5.31. The molecule has 4 rings (SSSR count). The maximum absolute atomic E-state index is 13.5. The lowest BCUT2D eigenvalue weighted by atomic mass is 9.76. The molecular formula is C22H20FN3OS. The first kappa shape index (κ1) is 18.6. The van der Waals surface area contributed by atoms with Crippen LogP contribution in [0.3, 0.4) is 0 Å². The van der Waals surface area contributed by atoms with E-state index in [1.54, 1.807) is 6.07 Å². The zero-order valence-corrected chi connectivity index (χ0v) is 16.2. The van der Waals surface area contributed by atoms with E-state index in [-0.39, 0.29) is 30.4 Å². The molecule has 0 saturated carbocycles. The Morgan fingerprint density at radius 1 is 1.21 bits per heavy atom. The highest BCUT2D eigenvalue weighted by molar-refractivity contribution is 7.13. The van der Waals surface area contributed by atoms with Crippen LogP contribution in [0.15, 0.2) is 53.9 Å². The van der Waals surface area contributed by atoms with Crippen LogP contribution >= 0.6 is 11.3 Å². The van der Waals surface area contributed by atoms with E-state index in [4.69, 9.17) is 0 Å². The summed E-state index contributed by atoms with van der Waals surface area (Å²) in [6, 6.07) is 16.1.